The van der Waals surface area contributed by atoms with Crippen molar-refractivity contribution in [2.45, 2.75) is 38.5 Å². The van der Waals surface area contributed by atoms with Gasteiger partial charge in [-0.2, -0.15) is 9.40 Å². The van der Waals surface area contributed by atoms with Crippen molar-refractivity contribution in [1.82, 2.24) is 14.1 Å². The molecule has 0 aliphatic carbocycles. The quantitative estimate of drug-likeness (QED) is 0.835. The average Bonchev–Trinajstić information content (AvgIpc) is 2.63. The Hall–Kier alpha value is -1.21. The lowest BCUT2D eigenvalue weighted by Crippen LogP contribution is -2.42. The normalized spacial score (nSPS) is 21.1. The molecule has 1 aliphatic heterocycles. The summed E-state index contributed by atoms with van der Waals surface area (Å²) in [7, 11) is -1.84. The molecule has 7 heteroatoms. The third-order valence-corrected chi connectivity index (χ3v) is 6.12. The van der Waals surface area contributed by atoms with Crippen LogP contribution in [0.4, 0.5) is 0 Å². The molecule has 0 spiro atoms. The molecular formula is C13H21N3O3S. The third-order valence-electron chi connectivity index (χ3n) is 4.00. The Morgan fingerprint density at radius 2 is 2.00 bits per heavy atom. The molecule has 0 radical (unpaired) electrons. The van der Waals surface area contributed by atoms with E-state index in [0.717, 1.165) is 12.8 Å². The molecule has 1 unspecified atom stereocenters. The topological polar surface area (TPSA) is 72.3 Å². The largest absolute Gasteiger partial charge is 0.300 e. The smallest absolute Gasteiger partial charge is 0.246 e. The lowest BCUT2D eigenvalue weighted by atomic mass is 9.96. The predicted octanol–water partition coefficient (Wildman–Crippen LogP) is 1.03. The van der Waals surface area contributed by atoms with Crippen LogP contribution in [0.3, 0.4) is 0 Å². The number of rotatable bonds is 3. The summed E-state index contributed by atoms with van der Waals surface area (Å²) in [6, 6.07) is 0. The predicted molar refractivity (Wildman–Crippen MR) is 74.8 cm³/mol. The standard InChI is InChI=1S/C13H21N3O3S/c1-9-13(10(2)15(4)14-9)20(18,19)16-7-5-6-12(8-16)11(3)17/h12H,5-8H2,1-4H3. The molecule has 0 bridgehead atoms. The minimum absolute atomic E-state index is 0.0598. The van der Waals surface area contributed by atoms with Gasteiger partial charge in [-0.05, 0) is 33.6 Å². The number of aromatic nitrogens is 2. The molecular weight excluding hydrogens is 278 g/mol. The van der Waals surface area contributed by atoms with E-state index in [1.54, 1.807) is 25.6 Å². The number of aryl methyl sites for hydroxylation is 2. The van der Waals surface area contributed by atoms with Crippen LogP contribution in [0.2, 0.25) is 0 Å². The van der Waals surface area contributed by atoms with Crippen molar-refractivity contribution in [3.05, 3.63) is 11.4 Å². The van der Waals surface area contributed by atoms with Gasteiger partial charge in [0.15, 0.2) is 0 Å². The second kappa shape index (κ2) is 5.29. The summed E-state index contributed by atoms with van der Waals surface area (Å²) in [4.78, 5) is 11.8. The van der Waals surface area contributed by atoms with Crippen molar-refractivity contribution in [1.29, 1.82) is 0 Å². The Bertz CT molecular complexity index is 634. The first-order valence-electron chi connectivity index (χ1n) is 6.76. The first kappa shape index (κ1) is 15.2. The zero-order chi connectivity index (χ0) is 15.1. The molecule has 0 amide bonds. The molecule has 1 aromatic rings. The number of hydrogen-bond acceptors (Lipinski definition) is 4. The molecule has 2 rings (SSSR count). The second-order valence-corrected chi connectivity index (χ2v) is 7.31. The lowest BCUT2D eigenvalue weighted by molar-refractivity contribution is -0.121. The van der Waals surface area contributed by atoms with E-state index in [2.05, 4.69) is 5.10 Å². The van der Waals surface area contributed by atoms with Gasteiger partial charge in [0.2, 0.25) is 10.0 Å². The SMILES string of the molecule is CC(=O)C1CCCN(S(=O)(=O)c2c(C)nn(C)c2C)C1. The number of piperidine rings is 1. The van der Waals surface area contributed by atoms with Gasteiger partial charge in [-0.15, -0.1) is 0 Å². The summed E-state index contributed by atoms with van der Waals surface area (Å²) < 4.78 is 28.6. The van der Waals surface area contributed by atoms with Gasteiger partial charge < -0.3 is 0 Å². The number of sulfonamides is 1. The molecule has 0 aromatic carbocycles. The van der Waals surface area contributed by atoms with Crippen LogP contribution in [0.1, 0.15) is 31.2 Å². The van der Waals surface area contributed by atoms with Gasteiger partial charge in [-0.1, -0.05) is 0 Å². The molecule has 1 fully saturated rings. The van der Waals surface area contributed by atoms with Gasteiger partial charge in [-0.25, -0.2) is 8.42 Å². The lowest BCUT2D eigenvalue weighted by Gasteiger charge is -2.30. The molecule has 0 N–H and O–H groups in total. The van der Waals surface area contributed by atoms with Crippen LogP contribution in [0.15, 0.2) is 4.90 Å². The summed E-state index contributed by atoms with van der Waals surface area (Å²) in [5.74, 6) is -0.125. The van der Waals surface area contributed by atoms with Gasteiger partial charge in [0.1, 0.15) is 10.7 Å². The Balaban J connectivity index is 2.37. The van der Waals surface area contributed by atoms with E-state index in [9.17, 15) is 13.2 Å². The highest BCUT2D eigenvalue weighted by molar-refractivity contribution is 7.89. The van der Waals surface area contributed by atoms with Crippen molar-refractivity contribution in [2.75, 3.05) is 13.1 Å². The van der Waals surface area contributed by atoms with Crippen molar-refractivity contribution >= 4 is 15.8 Å². The monoisotopic (exact) mass is 299 g/mol. The van der Waals surface area contributed by atoms with E-state index in [1.807, 2.05) is 0 Å². The van der Waals surface area contributed by atoms with Crippen LogP contribution >= 0.6 is 0 Å². The second-order valence-electron chi connectivity index (χ2n) is 5.44. The minimum atomic E-state index is -3.57. The number of Topliss-reactive ketones (excluding diaryl/α,β-unsaturated/α-hetero) is 1. The van der Waals surface area contributed by atoms with Gasteiger partial charge in [0, 0.05) is 26.1 Å². The van der Waals surface area contributed by atoms with Crippen molar-refractivity contribution in [3.8, 4) is 0 Å². The van der Waals surface area contributed by atoms with Crippen molar-refractivity contribution < 1.29 is 13.2 Å². The molecule has 1 aliphatic rings. The molecule has 1 atom stereocenters. The fourth-order valence-corrected chi connectivity index (χ4v) is 4.67. The number of carbonyl (C=O) groups is 1. The summed E-state index contributed by atoms with van der Waals surface area (Å²) in [6.45, 7) is 5.73. The number of hydrogen-bond donors (Lipinski definition) is 0. The summed E-state index contributed by atoms with van der Waals surface area (Å²) in [5.41, 5.74) is 1.14. The highest BCUT2D eigenvalue weighted by Crippen LogP contribution is 2.27. The van der Waals surface area contributed by atoms with Crippen LogP contribution in [-0.4, -0.2) is 41.4 Å². The van der Waals surface area contributed by atoms with Gasteiger partial charge in [0.05, 0.1) is 11.4 Å². The fraction of sp³-hybridized carbons (Fsp3) is 0.692. The van der Waals surface area contributed by atoms with Crippen LogP contribution in [0.25, 0.3) is 0 Å². The van der Waals surface area contributed by atoms with E-state index in [0.29, 0.717) is 17.9 Å². The van der Waals surface area contributed by atoms with E-state index in [-0.39, 0.29) is 23.1 Å². The minimum Gasteiger partial charge on any atom is -0.300 e. The Morgan fingerprint density at radius 1 is 1.35 bits per heavy atom. The first-order chi connectivity index (χ1) is 9.25. The van der Waals surface area contributed by atoms with Gasteiger partial charge in [-0.3, -0.25) is 9.48 Å². The third kappa shape index (κ3) is 2.52. The van der Waals surface area contributed by atoms with E-state index >= 15 is 0 Å². The number of nitrogens with zero attached hydrogens (tertiary/aromatic N) is 3. The molecule has 1 aromatic heterocycles. The summed E-state index contributed by atoms with van der Waals surface area (Å²) in [5, 5.41) is 4.17. The Kier molecular flexibility index (Phi) is 4.02. The molecule has 2 heterocycles. The van der Waals surface area contributed by atoms with E-state index in [4.69, 9.17) is 0 Å². The van der Waals surface area contributed by atoms with E-state index in [1.165, 1.54) is 11.2 Å². The maximum atomic E-state index is 12.8. The van der Waals surface area contributed by atoms with Crippen molar-refractivity contribution in [2.24, 2.45) is 13.0 Å². The summed E-state index contributed by atoms with van der Waals surface area (Å²) >= 11 is 0. The average molecular weight is 299 g/mol. The molecule has 20 heavy (non-hydrogen) atoms. The number of carbonyl (C=O) groups excluding carboxylic acids is 1. The molecule has 6 nitrogen and oxygen atoms in total. The van der Waals surface area contributed by atoms with Gasteiger partial charge >= 0.3 is 0 Å². The maximum absolute atomic E-state index is 12.8. The molecule has 0 saturated carbocycles. The Labute approximate surface area is 119 Å². The first-order valence-corrected chi connectivity index (χ1v) is 8.20. The van der Waals surface area contributed by atoms with Crippen LogP contribution in [0, 0.1) is 19.8 Å². The highest BCUT2D eigenvalue weighted by Gasteiger charge is 2.35. The number of ketones is 1. The Morgan fingerprint density at radius 3 is 2.50 bits per heavy atom. The van der Waals surface area contributed by atoms with E-state index < -0.39 is 10.0 Å². The van der Waals surface area contributed by atoms with Gasteiger partial charge in [0.25, 0.3) is 0 Å². The summed E-state index contributed by atoms with van der Waals surface area (Å²) in [6.07, 6.45) is 1.49. The highest BCUT2D eigenvalue weighted by atomic mass is 32.2. The maximum Gasteiger partial charge on any atom is 0.246 e. The zero-order valence-electron chi connectivity index (χ0n) is 12.4. The molecule has 1 saturated heterocycles. The zero-order valence-corrected chi connectivity index (χ0v) is 13.2. The van der Waals surface area contributed by atoms with Crippen LogP contribution in [-0.2, 0) is 21.9 Å². The fourth-order valence-electron chi connectivity index (χ4n) is 2.75. The molecule has 112 valence electrons. The van der Waals surface area contributed by atoms with Crippen LogP contribution < -0.4 is 0 Å². The van der Waals surface area contributed by atoms with Crippen LogP contribution in [0.5, 0.6) is 0 Å². The van der Waals surface area contributed by atoms with Crippen molar-refractivity contribution in [3.63, 3.8) is 0 Å².